The summed E-state index contributed by atoms with van der Waals surface area (Å²) in [6.07, 6.45) is 4.34. The molecule has 1 aromatic heterocycles. The van der Waals surface area contributed by atoms with Gasteiger partial charge < -0.3 is 4.57 Å². The summed E-state index contributed by atoms with van der Waals surface area (Å²) in [6.45, 7) is 4.07. The topological polar surface area (TPSA) is 25.2 Å². The van der Waals surface area contributed by atoms with Gasteiger partial charge >= 0.3 is 0 Å². The second-order valence-corrected chi connectivity index (χ2v) is 10.1. The lowest BCUT2D eigenvalue weighted by molar-refractivity contribution is 0.0888. The van der Waals surface area contributed by atoms with E-state index in [1.54, 1.807) is 0 Å². The van der Waals surface area contributed by atoms with Crippen molar-refractivity contribution in [3.05, 3.63) is 107 Å². The van der Waals surface area contributed by atoms with Gasteiger partial charge in [0.15, 0.2) is 5.78 Å². The molecule has 6 rings (SSSR count). The molecule has 0 spiro atoms. The molecule has 1 unspecified atom stereocenters. The van der Waals surface area contributed by atoms with E-state index in [9.17, 15) is 4.79 Å². The Morgan fingerprint density at radius 2 is 1.35 bits per heavy atom. The molecule has 0 radical (unpaired) electrons. The van der Waals surface area contributed by atoms with Crippen LogP contribution in [-0.4, -0.2) is 28.3 Å². The summed E-state index contributed by atoms with van der Waals surface area (Å²) in [5.41, 5.74) is 6.08. The van der Waals surface area contributed by atoms with Crippen LogP contribution in [0.15, 0.2) is 84.9 Å². The average molecular weight is 449 g/mol. The first-order valence-corrected chi connectivity index (χ1v) is 12.7. The molecule has 2 heterocycles. The highest BCUT2D eigenvalue weighted by atomic mass is 16.1. The number of carbonyl (C=O) groups is 1. The van der Waals surface area contributed by atoms with Gasteiger partial charge in [-0.15, -0.1) is 0 Å². The van der Waals surface area contributed by atoms with E-state index in [1.165, 1.54) is 40.4 Å². The molecule has 4 aromatic rings. The van der Waals surface area contributed by atoms with E-state index in [2.05, 4.69) is 88.3 Å². The number of nitrogens with zero attached hydrogens (tertiary/aromatic N) is 2. The van der Waals surface area contributed by atoms with Crippen molar-refractivity contribution in [1.82, 2.24) is 9.47 Å². The van der Waals surface area contributed by atoms with Gasteiger partial charge in [-0.05, 0) is 67.4 Å². The minimum Gasteiger partial charge on any atom is -0.333 e. The van der Waals surface area contributed by atoms with E-state index in [0.29, 0.717) is 11.7 Å². The van der Waals surface area contributed by atoms with Crippen molar-refractivity contribution in [2.75, 3.05) is 13.1 Å². The second kappa shape index (κ2) is 9.23. The SMILES string of the molecule is O=C1c2c(c3ccccc3n2Cc2ccccc2)CC1CC1CCN(Cc2ccccc2)CC1. The Bertz CT molecular complexity index is 1280. The molecule has 0 amide bonds. The summed E-state index contributed by atoms with van der Waals surface area (Å²) in [5.74, 6) is 1.16. The number of carbonyl (C=O) groups excluding carboxylic acids is 1. The predicted octanol–water partition coefficient (Wildman–Crippen LogP) is 6.35. The third kappa shape index (κ3) is 4.10. The van der Waals surface area contributed by atoms with Crippen molar-refractivity contribution in [1.29, 1.82) is 0 Å². The highest BCUT2D eigenvalue weighted by Crippen LogP contribution is 2.39. The molecular formula is C31H32N2O. The number of Topliss-reactive ketones (excluding diaryl/α,β-unsaturated/α-hetero) is 1. The maximum Gasteiger partial charge on any atom is 0.182 e. The van der Waals surface area contributed by atoms with Crippen LogP contribution in [0.3, 0.4) is 0 Å². The van der Waals surface area contributed by atoms with E-state index in [4.69, 9.17) is 0 Å². The first kappa shape index (κ1) is 21.4. The molecular weight excluding hydrogens is 416 g/mol. The molecule has 1 aliphatic heterocycles. The van der Waals surface area contributed by atoms with Gasteiger partial charge in [-0.1, -0.05) is 78.9 Å². The lowest BCUT2D eigenvalue weighted by Gasteiger charge is -2.33. The van der Waals surface area contributed by atoms with Crippen LogP contribution >= 0.6 is 0 Å². The molecule has 0 N–H and O–H groups in total. The van der Waals surface area contributed by atoms with Crippen molar-refractivity contribution in [2.45, 2.75) is 38.8 Å². The van der Waals surface area contributed by atoms with Gasteiger partial charge in [0, 0.05) is 29.9 Å². The normalized spacial score (nSPS) is 19.1. The van der Waals surface area contributed by atoms with Crippen LogP contribution in [0.2, 0.25) is 0 Å². The van der Waals surface area contributed by atoms with Crippen molar-refractivity contribution in [3.63, 3.8) is 0 Å². The standard InChI is InChI=1S/C31H32N2O/c34-31-26(19-23-15-17-32(18-16-23)21-24-9-3-1-4-10-24)20-28-27-13-7-8-14-29(27)33(30(28)31)22-25-11-5-2-6-12-25/h1-14,23,26H,15-22H2. The average Bonchev–Trinajstić information content (AvgIpc) is 3.36. The highest BCUT2D eigenvalue weighted by molar-refractivity contribution is 6.07. The van der Waals surface area contributed by atoms with Crippen molar-refractivity contribution >= 4 is 16.7 Å². The zero-order valence-electron chi connectivity index (χ0n) is 19.7. The Labute approximate surface area is 202 Å². The molecule has 1 atom stereocenters. The summed E-state index contributed by atoms with van der Waals surface area (Å²) in [4.78, 5) is 16.3. The first-order valence-electron chi connectivity index (χ1n) is 12.7. The van der Waals surface area contributed by atoms with E-state index in [-0.39, 0.29) is 5.92 Å². The Kier molecular flexibility index (Phi) is 5.80. The van der Waals surface area contributed by atoms with Crippen LogP contribution in [0.4, 0.5) is 0 Å². The quantitative estimate of drug-likeness (QED) is 0.344. The number of benzene rings is 3. The summed E-state index contributed by atoms with van der Waals surface area (Å²) < 4.78 is 2.28. The van der Waals surface area contributed by atoms with Crippen LogP contribution in [0, 0.1) is 11.8 Å². The van der Waals surface area contributed by atoms with Crippen molar-refractivity contribution in [2.24, 2.45) is 11.8 Å². The van der Waals surface area contributed by atoms with Crippen LogP contribution < -0.4 is 0 Å². The minimum absolute atomic E-state index is 0.141. The van der Waals surface area contributed by atoms with Gasteiger partial charge in [0.1, 0.15) is 0 Å². The fourth-order valence-electron chi connectivity index (χ4n) is 6.14. The van der Waals surface area contributed by atoms with Gasteiger partial charge in [0.25, 0.3) is 0 Å². The maximum absolute atomic E-state index is 13.7. The van der Waals surface area contributed by atoms with Gasteiger partial charge in [-0.3, -0.25) is 9.69 Å². The molecule has 172 valence electrons. The number of likely N-dealkylation sites (tertiary alicyclic amines) is 1. The summed E-state index contributed by atoms with van der Waals surface area (Å²) in [5, 5.41) is 1.27. The molecule has 3 nitrogen and oxygen atoms in total. The number of ketones is 1. The molecule has 3 aromatic carbocycles. The largest absolute Gasteiger partial charge is 0.333 e. The number of hydrogen-bond acceptors (Lipinski definition) is 2. The highest BCUT2D eigenvalue weighted by Gasteiger charge is 2.37. The second-order valence-electron chi connectivity index (χ2n) is 10.1. The molecule has 1 aliphatic carbocycles. The zero-order chi connectivity index (χ0) is 22.9. The van der Waals surface area contributed by atoms with E-state index < -0.39 is 0 Å². The number of aromatic nitrogens is 1. The van der Waals surface area contributed by atoms with E-state index >= 15 is 0 Å². The number of para-hydroxylation sites is 1. The smallest absolute Gasteiger partial charge is 0.182 e. The third-order valence-electron chi connectivity index (χ3n) is 7.89. The van der Waals surface area contributed by atoms with Crippen LogP contribution in [-0.2, 0) is 19.5 Å². The Balaban J connectivity index is 1.16. The summed E-state index contributed by atoms with van der Waals surface area (Å²) >= 11 is 0. The van der Waals surface area contributed by atoms with Gasteiger partial charge in [-0.25, -0.2) is 0 Å². The fraction of sp³-hybridized carbons (Fsp3) is 0.323. The number of hydrogen-bond donors (Lipinski definition) is 0. The Hall–Kier alpha value is -3.17. The monoisotopic (exact) mass is 448 g/mol. The lowest BCUT2D eigenvalue weighted by Crippen LogP contribution is -2.34. The Morgan fingerprint density at radius 1 is 0.735 bits per heavy atom. The molecule has 0 bridgehead atoms. The Morgan fingerprint density at radius 3 is 2.06 bits per heavy atom. The van der Waals surface area contributed by atoms with E-state index in [1.807, 2.05) is 6.07 Å². The fourth-order valence-corrected chi connectivity index (χ4v) is 6.14. The number of fused-ring (bicyclic) bond motifs is 3. The van der Waals surface area contributed by atoms with Crippen LogP contribution in [0.1, 0.15) is 46.4 Å². The molecule has 1 fully saturated rings. The number of rotatable bonds is 6. The predicted molar refractivity (Wildman–Crippen MR) is 138 cm³/mol. The molecule has 2 aliphatic rings. The van der Waals surface area contributed by atoms with Gasteiger partial charge in [0.05, 0.1) is 5.69 Å². The number of piperidine rings is 1. The zero-order valence-corrected chi connectivity index (χ0v) is 19.7. The summed E-state index contributed by atoms with van der Waals surface area (Å²) in [7, 11) is 0. The third-order valence-corrected chi connectivity index (χ3v) is 7.89. The molecule has 0 saturated carbocycles. The lowest BCUT2D eigenvalue weighted by atomic mass is 9.85. The summed E-state index contributed by atoms with van der Waals surface area (Å²) in [6, 6.07) is 29.8. The van der Waals surface area contributed by atoms with Gasteiger partial charge in [-0.2, -0.15) is 0 Å². The van der Waals surface area contributed by atoms with Crippen LogP contribution in [0.25, 0.3) is 10.9 Å². The van der Waals surface area contributed by atoms with Crippen molar-refractivity contribution < 1.29 is 4.79 Å². The van der Waals surface area contributed by atoms with Gasteiger partial charge in [0.2, 0.25) is 0 Å². The minimum atomic E-state index is 0.141. The van der Waals surface area contributed by atoms with Crippen molar-refractivity contribution in [3.8, 4) is 0 Å². The molecule has 3 heteroatoms. The molecule has 1 saturated heterocycles. The first-order chi connectivity index (χ1) is 16.8. The molecule has 34 heavy (non-hydrogen) atoms. The maximum atomic E-state index is 13.7. The van der Waals surface area contributed by atoms with Crippen LogP contribution in [0.5, 0.6) is 0 Å². The van der Waals surface area contributed by atoms with E-state index in [0.717, 1.165) is 44.7 Å².